The minimum atomic E-state index is -0.454. The summed E-state index contributed by atoms with van der Waals surface area (Å²) in [4.78, 5) is 4.27. The zero-order valence-electron chi connectivity index (χ0n) is 11.8. The number of hydrogen-bond donors (Lipinski definition) is 2. The van der Waals surface area contributed by atoms with Gasteiger partial charge in [-0.25, -0.2) is 13.9 Å². The maximum atomic E-state index is 11.9. The van der Waals surface area contributed by atoms with Crippen LogP contribution in [0.25, 0.3) is 5.52 Å². The normalized spacial score (nSPS) is 14.8. The third-order valence-electron chi connectivity index (χ3n) is 3.43. The first kappa shape index (κ1) is 15.0. The molecular formula is C14H16BrFN6. The average Bonchev–Trinajstić information content (AvgIpc) is 3.24. The summed E-state index contributed by atoms with van der Waals surface area (Å²) in [5, 5.41) is 14.0. The molecule has 0 amide bonds. The number of halogens is 2. The van der Waals surface area contributed by atoms with Gasteiger partial charge < -0.3 is 5.32 Å². The van der Waals surface area contributed by atoms with Gasteiger partial charge in [0.05, 0.1) is 16.9 Å². The van der Waals surface area contributed by atoms with Crippen molar-refractivity contribution < 1.29 is 4.39 Å². The van der Waals surface area contributed by atoms with Gasteiger partial charge in [-0.1, -0.05) is 12.8 Å². The molecule has 3 aromatic heterocycles. The second kappa shape index (κ2) is 6.87. The summed E-state index contributed by atoms with van der Waals surface area (Å²) in [6.45, 7) is 0. The van der Waals surface area contributed by atoms with Gasteiger partial charge >= 0.3 is 0 Å². The number of fused-ring (bicyclic) bond motifs is 1. The first-order chi connectivity index (χ1) is 10.7. The zero-order valence-corrected chi connectivity index (χ0v) is 13.4. The molecular weight excluding hydrogens is 351 g/mol. The topological polar surface area (TPSA) is 70.9 Å². The molecule has 22 heavy (non-hydrogen) atoms. The Balaban J connectivity index is 0.000000202. The third kappa shape index (κ3) is 3.44. The lowest BCUT2D eigenvalue weighted by Gasteiger charge is -2.04. The highest BCUT2D eigenvalue weighted by Crippen LogP contribution is 2.24. The molecule has 116 valence electrons. The molecule has 0 radical (unpaired) electrons. The first-order valence-corrected chi connectivity index (χ1v) is 7.91. The van der Waals surface area contributed by atoms with E-state index in [1.165, 1.54) is 0 Å². The van der Waals surface area contributed by atoms with E-state index >= 15 is 0 Å². The SMILES string of the molecule is Brc1cnn2ccnc(Nc3ccn[nH]3)c12.FC1CCCC1. The van der Waals surface area contributed by atoms with Gasteiger partial charge in [0.1, 0.15) is 17.5 Å². The zero-order chi connectivity index (χ0) is 15.4. The Labute approximate surface area is 135 Å². The van der Waals surface area contributed by atoms with Crippen molar-refractivity contribution in [3.63, 3.8) is 0 Å². The maximum Gasteiger partial charge on any atom is 0.158 e. The van der Waals surface area contributed by atoms with Crippen molar-refractivity contribution in [1.82, 2.24) is 24.8 Å². The summed E-state index contributed by atoms with van der Waals surface area (Å²) in [5.41, 5.74) is 0.886. The molecule has 1 aliphatic carbocycles. The van der Waals surface area contributed by atoms with Crippen LogP contribution in [0.5, 0.6) is 0 Å². The summed E-state index contributed by atoms with van der Waals surface area (Å²) in [6.07, 6.45) is 10.3. The van der Waals surface area contributed by atoms with E-state index in [4.69, 9.17) is 0 Å². The van der Waals surface area contributed by atoms with Gasteiger partial charge in [0.15, 0.2) is 5.82 Å². The number of anilines is 2. The highest BCUT2D eigenvalue weighted by molar-refractivity contribution is 9.10. The van der Waals surface area contributed by atoms with Crippen molar-refractivity contribution in [2.75, 3.05) is 5.32 Å². The van der Waals surface area contributed by atoms with E-state index in [2.05, 4.69) is 41.5 Å². The minimum Gasteiger partial charge on any atom is -0.323 e. The first-order valence-electron chi connectivity index (χ1n) is 7.12. The Bertz CT molecular complexity index is 720. The molecule has 0 atom stereocenters. The van der Waals surface area contributed by atoms with Crippen molar-refractivity contribution in [1.29, 1.82) is 0 Å². The molecule has 0 saturated heterocycles. The van der Waals surface area contributed by atoms with Gasteiger partial charge in [0.2, 0.25) is 0 Å². The molecule has 6 nitrogen and oxygen atoms in total. The van der Waals surface area contributed by atoms with Crippen molar-refractivity contribution in [2.24, 2.45) is 0 Å². The molecule has 1 fully saturated rings. The molecule has 0 aromatic carbocycles. The average molecular weight is 367 g/mol. The second-order valence-corrected chi connectivity index (χ2v) is 5.89. The Morgan fingerprint density at radius 3 is 2.77 bits per heavy atom. The Morgan fingerprint density at radius 2 is 2.14 bits per heavy atom. The fraction of sp³-hybridized carbons (Fsp3) is 0.357. The minimum absolute atomic E-state index is 0.454. The van der Waals surface area contributed by atoms with E-state index in [9.17, 15) is 4.39 Å². The molecule has 0 spiro atoms. The molecule has 0 aliphatic heterocycles. The quantitative estimate of drug-likeness (QED) is 0.722. The number of rotatable bonds is 2. The van der Waals surface area contributed by atoms with Crippen LogP contribution in [0.3, 0.4) is 0 Å². The van der Waals surface area contributed by atoms with Crippen LogP contribution in [-0.2, 0) is 0 Å². The van der Waals surface area contributed by atoms with E-state index < -0.39 is 6.17 Å². The van der Waals surface area contributed by atoms with Gasteiger partial charge in [-0.05, 0) is 28.8 Å². The number of aromatic nitrogens is 5. The van der Waals surface area contributed by atoms with E-state index in [-0.39, 0.29) is 0 Å². The summed E-state index contributed by atoms with van der Waals surface area (Å²) < 4.78 is 14.6. The van der Waals surface area contributed by atoms with Crippen LogP contribution in [0.4, 0.5) is 16.0 Å². The standard InChI is InChI=1S/C9H7BrN6.C5H9F/c10-6-5-13-16-4-3-11-9(8(6)16)14-7-1-2-12-15-7;6-5-3-1-2-4-5/h1-5H,(H2,11,12,14,15);5H,1-4H2. The third-order valence-corrected chi connectivity index (χ3v) is 4.01. The number of nitrogens with zero attached hydrogens (tertiary/aromatic N) is 4. The van der Waals surface area contributed by atoms with Crippen LogP contribution in [-0.4, -0.2) is 31.0 Å². The van der Waals surface area contributed by atoms with Crippen LogP contribution in [0.2, 0.25) is 0 Å². The van der Waals surface area contributed by atoms with Gasteiger partial charge in [0, 0.05) is 18.5 Å². The number of hydrogen-bond acceptors (Lipinski definition) is 4. The Hall–Kier alpha value is -1.96. The molecule has 1 aliphatic rings. The van der Waals surface area contributed by atoms with Crippen molar-refractivity contribution >= 4 is 33.1 Å². The van der Waals surface area contributed by atoms with Crippen LogP contribution < -0.4 is 5.32 Å². The van der Waals surface area contributed by atoms with E-state index in [1.54, 1.807) is 29.3 Å². The largest absolute Gasteiger partial charge is 0.323 e. The summed E-state index contributed by atoms with van der Waals surface area (Å²) >= 11 is 3.43. The summed E-state index contributed by atoms with van der Waals surface area (Å²) in [5.74, 6) is 1.50. The summed E-state index contributed by atoms with van der Waals surface area (Å²) in [6, 6.07) is 1.83. The molecule has 0 bridgehead atoms. The van der Waals surface area contributed by atoms with Gasteiger partial charge in [-0.15, -0.1) is 0 Å². The molecule has 3 heterocycles. The monoisotopic (exact) mass is 366 g/mol. The second-order valence-electron chi connectivity index (χ2n) is 5.04. The summed E-state index contributed by atoms with van der Waals surface area (Å²) in [7, 11) is 0. The van der Waals surface area contributed by atoms with E-state index in [1.807, 2.05) is 6.07 Å². The molecule has 1 saturated carbocycles. The molecule has 3 aromatic rings. The van der Waals surface area contributed by atoms with Gasteiger partial charge in [-0.2, -0.15) is 10.2 Å². The Kier molecular flexibility index (Phi) is 4.67. The fourth-order valence-corrected chi connectivity index (χ4v) is 2.79. The predicted octanol–water partition coefficient (Wildman–Crippen LogP) is 3.86. The number of alkyl halides is 1. The van der Waals surface area contributed by atoms with Gasteiger partial charge in [0.25, 0.3) is 0 Å². The number of aromatic amines is 1. The lowest BCUT2D eigenvalue weighted by molar-refractivity contribution is 0.343. The van der Waals surface area contributed by atoms with Crippen LogP contribution in [0.1, 0.15) is 25.7 Å². The lowest BCUT2D eigenvalue weighted by Crippen LogP contribution is -1.98. The smallest absolute Gasteiger partial charge is 0.158 e. The highest BCUT2D eigenvalue weighted by Gasteiger charge is 2.11. The van der Waals surface area contributed by atoms with E-state index in [0.29, 0.717) is 0 Å². The van der Waals surface area contributed by atoms with Crippen LogP contribution in [0, 0.1) is 0 Å². The fourth-order valence-electron chi connectivity index (χ4n) is 2.33. The number of nitrogens with one attached hydrogen (secondary N) is 2. The molecule has 2 N–H and O–H groups in total. The highest BCUT2D eigenvalue weighted by atomic mass is 79.9. The van der Waals surface area contributed by atoms with Crippen LogP contribution in [0.15, 0.2) is 35.3 Å². The molecule has 0 unspecified atom stereocenters. The van der Waals surface area contributed by atoms with Crippen molar-refractivity contribution in [3.8, 4) is 0 Å². The molecule has 4 rings (SSSR count). The van der Waals surface area contributed by atoms with Crippen molar-refractivity contribution in [3.05, 3.63) is 35.3 Å². The number of H-pyrrole nitrogens is 1. The van der Waals surface area contributed by atoms with Crippen LogP contribution >= 0.6 is 15.9 Å². The van der Waals surface area contributed by atoms with Gasteiger partial charge in [-0.3, -0.25) is 5.10 Å². The maximum absolute atomic E-state index is 11.9. The lowest BCUT2D eigenvalue weighted by atomic mass is 10.3. The predicted molar refractivity (Wildman–Crippen MR) is 85.9 cm³/mol. The van der Waals surface area contributed by atoms with E-state index in [0.717, 1.165) is 47.3 Å². The molecule has 8 heteroatoms. The Morgan fingerprint density at radius 1 is 1.32 bits per heavy atom. The van der Waals surface area contributed by atoms with Crippen molar-refractivity contribution in [2.45, 2.75) is 31.9 Å².